The highest BCUT2D eigenvalue weighted by atomic mass is 32.2. The number of likely N-dealkylation sites (tertiary alicyclic amines) is 1. The molecule has 0 saturated carbocycles. The van der Waals surface area contributed by atoms with Crippen molar-refractivity contribution in [1.29, 1.82) is 0 Å². The summed E-state index contributed by atoms with van der Waals surface area (Å²) in [5, 5.41) is 10.8. The van der Waals surface area contributed by atoms with E-state index in [2.05, 4.69) is 4.74 Å². The quantitative estimate of drug-likeness (QED) is 0.145. The Morgan fingerprint density at radius 2 is 1.74 bits per heavy atom. The number of aliphatic hydroxyl groups excluding tert-OH is 1. The molecule has 1 amide bonds. The summed E-state index contributed by atoms with van der Waals surface area (Å²) < 4.78 is 224. The predicted molar refractivity (Wildman–Crippen MR) is 198 cm³/mol. The molecular weight excluding hydrogens is 710 g/mol. The number of hydrogen-bond donors (Lipinski definition) is 1. The van der Waals surface area contributed by atoms with E-state index >= 15 is 4.79 Å². The average molecular weight is 769 g/mol. The second-order valence-electron chi connectivity index (χ2n) is 11.5. The molecule has 2 heterocycles. The van der Waals surface area contributed by atoms with Gasteiger partial charge in [0.2, 0.25) is 5.91 Å². The Morgan fingerprint density at radius 3 is 2.42 bits per heavy atom. The summed E-state index contributed by atoms with van der Waals surface area (Å²) >= 11 is 0.545. The lowest BCUT2D eigenvalue weighted by Crippen LogP contribution is -2.51. The highest BCUT2D eigenvalue weighted by molar-refractivity contribution is 8.02. The lowest BCUT2D eigenvalue weighted by atomic mass is 9.96. The molecule has 6 nitrogen and oxygen atoms in total. The summed E-state index contributed by atoms with van der Waals surface area (Å²) in [6.45, 7) is -17.0. The van der Waals surface area contributed by atoms with Gasteiger partial charge in [-0.05, 0) is 66.7 Å². The van der Waals surface area contributed by atoms with E-state index in [-0.39, 0.29) is 32.8 Å². The minimum atomic E-state index is -4.69. The molecule has 2 aliphatic rings. The van der Waals surface area contributed by atoms with E-state index < -0.39 is 121 Å². The van der Waals surface area contributed by atoms with Crippen LogP contribution in [-0.4, -0.2) is 66.5 Å². The molecule has 0 aliphatic carbocycles. The molecule has 0 aromatic heterocycles. The molecule has 2 aliphatic heterocycles. The number of amides is 1. The largest absolute Gasteiger partial charge is 0.416 e. The van der Waals surface area contributed by atoms with Crippen LogP contribution in [0.2, 0.25) is 0 Å². The van der Waals surface area contributed by atoms with Gasteiger partial charge in [-0.25, -0.2) is 8.78 Å². The Morgan fingerprint density at radius 1 is 1.06 bits per heavy atom. The van der Waals surface area contributed by atoms with Crippen LogP contribution >= 0.6 is 11.8 Å². The Bertz CT molecular complexity index is 2630. The number of halogens is 5. The first-order chi connectivity index (χ1) is 31.8. The van der Waals surface area contributed by atoms with Gasteiger partial charge in [-0.2, -0.15) is 13.2 Å². The number of carbonyl (C=O) groups is 1. The zero-order valence-electron chi connectivity index (χ0n) is 44.6. The number of ether oxygens (including phenoxy) is 1. The van der Waals surface area contributed by atoms with Gasteiger partial charge in [0.25, 0.3) is 0 Å². The summed E-state index contributed by atoms with van der Waals surface area (Å²) in [5.74, 6) is -5.28. The van der Waals surface area contributed by atoms with Gasteiger partial charge in [-0.1, -0.05) is 66.7 Å². The number of thioether (sulfide) groups is 1. The van der Waals surface area contributed by atoms with E-state index in [1.807, 2.05) is 0 Å². The molecule has 4 aromatic carbocycles. The molecule has 0 bridgehead atoms. The summed E-state index contributed by atoms with van der Waals surface area (Å²) in [5.41, 5.74) is -1.83. The van der Waals surface area contributed by atoms with E-state index in [4.69, 9.17) is 12.3 Å². The third-order valence-electron chi connectivity index (χ3n) is 8.16. The van der Waals surface area contributed by atoms with Crippen LogP contribution in [0.5, 0.6) is 0 Å². The molecule has 2 unspecified atom stereocenters. The Hall–Kier alpha value is -4.23. The van der Waals surface area contributed by atoms with Crippen LogP contribution in [0.25, 0.3) is 11.1 Å². The van der Waals surface area contributed by atoms with Crippen LogP contribution in [0.4, 0.5) is 27.6 Å². The highest BCUT2D eigenvalue weighted by Gasteiger charge is 2.35. The normalized spacial score (nSPS) is 27.8. The van der Waals surface area contributed by atoms with E-state index in [0.717, 1.165) is 55.5 Å². The first kappa shape index (κ1) is 22.2. The number of carbonyl (C=O) groups excluding carboxylic acids is 1. The van der Waals surface area contributed by atoms with E-state index in [1.54, 1.807) is 0 Å². The molecule has 6 rings (SSSR count). The van der Waals surface area contributed by atoms with Gasteiger partial charge in [0, 0.05) is 66.1 Å². The fraction of sp³-hybridized carbons (Fsp3) is 0.341. The monoisotopic (exact) mass is 768 g/mol. The molecule has 2 atom stereocenters. The van der Waals surface area contributed by atoms with Crippen molar-refractivity contribution in [3.63, 3.8) is 0 Å². The molecule has 1 fully saturated rings. The van der Waals surface area contributed by atoms with Crippen molar-refractivity contribution in [3.8, 4) is 11.1 Å². The third-order valence-corrected chi connectivity index (χ3v) is 9.23. The van der Waals surface area contributed by atoms with Crippen molar-refractivity contribution in [2.75, 3.05) is 44.5 Å². The number of piperidine rings is 1. The van der Waals surface area contributed by atoms with Gasteiger partial charge in [0.05, 0.1) is 35.5 Å². The minimum absolute atomic E-state index is 0.0831. The molecule has 280 valence electrons. The van der Waals surface area contributed by atoms with E-state index in [9.17, 15) is 38.0 Å². The smallest absolute Gasteiger partial charge is 0.384 e. The van der Waals surface area contributed by atoms with Crippen molar-refractivity contribution >= 4 is 23.4 Å². The summed E-state index contributed by atoms with van der Waals surface area (Å²) in [6, 6.07) is 8.94. The predicted octanol–water partition coefficient (Wildman–Crippen LogP) is 8.98. The third kappa shape index (κ3) is 8.95. The number of hydrogen-bond acceptors (Lipinski definition) is 6. The van der Waals surface area contributed by atoms with Gasteiger partial charge in [0.1, 0.15) is 12.6 Å². The van der Waals surface area contributed by atoms with Crippen LogP contribution in [0.15, 0.2) is 102 Å². The van der Waals surface area contributed by atoms with E-state index in [0.29, 0.717) is 16.7 Å². The maximum Gasteiger partial charge on any atom is 0.416 e. The number of nitrogens with zero attached hydrogens (tertiary/aromatic N) is 3. The number of para-hydroxylation sites is 1. The molecule has 0 spiro atoms. The first-order valence-electron chi connectivity index (χ1n) is 24.2. The second-order valence-corrected chi connectivity index (χ2v) is 12.5. The van der Waals surface area contributed by atoms with Crippen LogP contribution in [0.1, 0.15) is 77.3 Å². The van der Waals surface area contributed by atoms with Gasteiger partial charge < -0.3 is 24.5 Å². The molecule has 53 heavy (non-hydrogen) atoms. The molecule has 1 saturated heterocycles. The van der Waals surface area contributed by atoms with E-state index in [1.165, 1.54) is 48.5 Å². The van der Waals surface area contributed by atoms with Gasteiger partial charge in [-0.15, -0.1) is 11.8 Å². The molecule has 0 radical (unpaired) electrons. The number of anilines is 1. The van der Waals surface area contributed by atoms with Crippen molar-refractivity contribution in [2.45, 2.75) is 49.7 Å². The average Bonchev–Trinajstić information content (AvgIpc) is 3.24. The van der Waals surface area contributed by atoms with Gasteiger partial charge >= 0.3 is 6.18 Å². The van der Waals surface area contributed by atoms with Crippen molar-refractivity contribution < 1.29 is 59.9 Å². The zero-order valence-corrected chi connectivity index (χ0v) is 28.4. The first-order valence-corrected chi connectivity index (χ1v) is 16.7. The van der Waals surface area contributed by atoms with Gasteiger partial charge in [0.15, 0.2) is 11.6 Å². The minimum Gasteiger partial charge on any atom is -0.384 e. The lowest BCUT2D eigenvalue weighted by molar-refractivity contribution is -0.137. The van der Waals surface area contributed by atoms with Crippen molar-refractivity contribution in [2.24, 2.45) is 0 Å². The second kappa shape index (κ2) is 16.8. The maximum absolute atomic E-state index is 15.7. The molecular formula is C41H42F5N3O3S. The summed E-state index contributed by atoms with van der Waals surface area (Å²) in [7, 11) is -3.57. The van der Waals surface area contributed by atoms with Crippen LogP contribution in [0, 0.1) is 11.6 Å². The number of alkyl halides is 3. The van der Waals surface area contributed by atoms with Gasteiger partial charge in [-0.3, -0.25) is 4.79 Å². The number of benzene rings is 4. The number of methoxy groups -OCH3 is 1. The van der Waals surface area contributed by atoms with Crippen molar-refractivity contribution in [1.82, 2.24) is 9.80 Å². The molecule has 1 N–H and O–H groups in total. The summed E-state index contributed by atoms with van der Waals surface area (Å²) in [4.78, 5) is 15.5. The maximum atomic E-state index is 15.7. The number of fused-ring (bicyclic) bond motifs is 1. The molecule has 12 heteroatoms. The Kier molecular flexibility index (Phi) is 7.06. The highest BCUT2D eigenvalue weighted by Crippen LogP contribution is 2.41. The van der Waals surface area contributed by atoms with Crippen LogP contribution < -0.4 is 4.90 Å². The van der Waals surface area contributed by atoms with Crippen LogP contribution in [0.3, 0.4) is 0 Å². The fourth-order valence-electron chi connectivity index (χ4n) is 5.44. The fourth-order valence-corrected chi connectivity index (χ4v) is 6.46. The topological polar surface area (TPSA) is 56.2 Å². The van der Waals surface area contributed by atoms with Crippen LogP contribution in [-0.2, 0) is 21.5 Å². The zero-order chi connectivity index (χ0) is 52.8. The number of aliphatic hydroxyl groups is 1. The molecule has 4 aromatic rings. The summed E-state index contributed by atoms with van der Waals surface area (Å²) in [6.07, 6.45) is -14.1. The Labute approximate surface area is 334 Å². The number of rotatable bonds is 12. The van der Waals surface area contributed by atoms with Crippen molar-refractivity contribution in [3.05, 3.63) is 136 Å². The SMILES string of the molecule is [2H]C([2H])([2H])OC([2H])([2H])CN1C([2H])([2H])C([2H])([2H])C([2H])(N(C(=O)C([2H])([2H])N2C(SCc3cccc(F)c3F)=CC(O)c3ccccc32)C([2H])(C)c2ccc(-c3ccc(C(F)(F)F)cc3)cc2)C([2H])([2H])C1([2H])[2H]. The Balaban J connectivity index is 1.58. The lowest BCUT2D eigenvalue weighted by Gasteiger charge is -2.43. The standard InChI is InChI=1S/C41H42F5N3O3S/c1-27(28-10-12-29(13-11-28)30-14-16-32(17-15-30)41(44,45)46)49(33-18-20-47(21-19-33)22-23-52-2)38(51)25-48-36-9-4-3-7-34(36)37(50)24-39(48)53-26-31-6-5-8-35(42)40(31)43/h3-17,24,27,33,37,50H,18-23,25-26H2,1-2H3/i2D3,18D2,19D2,20D2,21D2,23D2,25D2,27D,33D.